The molecule has 2 aromatic rings. The molecule has 30 heavy (non-hydrogen) atoms. The molecule has 4 atom stereocenters. The molecule has 2 aliphatic rings. The summed E-state index contributed by atoms with van der Waals surface area (Å²) in [4.78, 5) is 25.7. The van der Waals surface area contributed by atoms with Gasteiger partial charge in [-0.25, -0.2) is 4.79 Å². The van der Waals surface area contributed by atoms with Crippen molar-refractivity contribution in [3.05, 3.63) is 72.1 Å². The maximum Gasteiger partial charge on any atom is 0.356 e. The van der Waals surface area contributed by atoms with E-state index in [1.54, 1.807) is 67.6 Å². The summed E-state index contributed by atoms with van der Waals surface area (Å²) in [6.45, 7) is 3.23. The van der Waals surface area contributed by atoms with Gasteiger partial charge in [-0.2, -0.15) is 0 Å². The number of hydrogen-bond acceptors (Lipinski definition) is 5. The van der Waals surface area contributed by atoms with E-state index in [1.807, 2.05) is 0 Å². The lowest BCUT2D eigenvalue weighted by molar-refractivity contribution is -0.163. The van der Waals surface area contributed by atoms with E-state index in [2.05, 4.69) is 0 Å². The van der Waals surface area contributed by atoms with Gasteiger partial charge >= 0.3 is 13.3 Å². The van der Waals surface area contributed by atoms with Crippen LogP contribution in [0.5, 0.6) is 0 Å². The lowest BCUT2D eigenvalue weighted by Gasteiger charge is -2.46. The molecule has 2 aromatic carbocycles. The van der Waals surface area contributed by atoms with Gasteiger partial charge in [0.25, 0.3) is 0 Å². The van der Waals surface area contributed by atoms with Gasteiger partial charge in [0.2, 0.25) is 5.91 Å². The fraction of sp³-hybridized carbons (Fsp3) is 0.273. The van der Waals surface area contributed by atoms with E-state index >= 15 is 0 Å². The number of hydrogen-bond donors (Lipinski definition) is 2. The number of fused-ring (bicyclic) bond motifs is 1. The summed E-state index contributed by atoms with van der Waals surface area (Å²) in [7, 11) is -3.70. The van der Waals surface area contributed by atoms with E-state index < -0.39 is 43.2 Å². The zero-order chi connectivity index (χ0) is 21.6. The third kappa shape index (κ3) is 2.97. The van der Waals surface area contributed by atoms with Crippen LogP contribution in [0.25, 0.3) is 0 Å². The number of rotatable bonds is 6. The summed E-state index contributed by atoms with van der Waals surface area (Å²) < 4.78 is 20.3. The Hall–Kier alpha value is -2.89. The maximum atomic E-state index is 14.2. The van der Waals surface area contributed by atoms with Crippen molar-refractivity contribution in [1.82, 2.24) is 4.90 Å². The number of carboxylic acid groups (broad SMARTS) is 1. The van der Waals surface area contributed by atoms with Gasteiger partial charge in [0, 0.05) is 5.92 Å². The van der Waals surface area contributed by atoms with Crippen LogP contribution in [-0.2, 0) is 18.7 Å². The smallest absolute Gasteiger partial charge is 0.356 e. The molecule has 2 N–H and O–H groups in total. The molecule has 4 rings (SSSR count). The lowest BCUT2D eigenvalue weighted by atomic mass is 9.79. The third-order valence-electron chi connectivity index (χ3n) is 5.73. The van der Waals surface area contributed by atoms with Crippen LogP contribution in [-0.4, -0.2) is 39.1 Å². The topological polar surface area (TPSA) is 104 Å². The normalized spacial score (nSPS) is 24.3. The summed E-state index contributed by atoms with van der Waals surface area (Å²) in [6, 6.07) is 16.7. The molecule has 0 aliphatic carbocycles. The highest BCUT2D eigenvalue weighted by Gasteiger charge is 2.61. The lowest BCUT2D eigenvalue weighted by Crippen LogP contribution is -2.63. The van der Waals surface area contributed by atoms with E-state index in [1.165, 1.54) is 6.92 Å². The van der Waals surface area contributed by atoms with Gasteiger partial charge in [-0.05, 0) is 31.2 Å². The Morgan fingerprint density at radius 1 is 1.07 bits per heavy atom. The molecule has 3 unspecified atom stereocenters. The SMILES string of the molecule is CC(O)C1C(=O)N2C(C(=O)O)=C(OP(=O)(c3ccccc3)c3ccccc3)C(C)[C@H]12. The molecule has 7 nitrogen and oxygen atoms in total. The standard InChI is InChI=1S/C22H22NO6P/c1-13-18-17(14(2)24)21(25)23(18)19(22(26)27)20(13)29-30(28,15-9-5-3-6-10-15)16-11-7-4-8-12-16/h3-14,17-18,24H,1-2H3,(H,26,27)/t13?,14?,17?,18-/m1/s1. The van der Waals surface area contributed by atoms with Gasteiger partial charge in [-0.3, -0.25) is 14.3 Å². The van der Waals surface area contributed by atoms with E-state index in [9.17, 15) is 24.4 Å². The van der Waals surface area contributed by atoms with E-state index in [0.29, 0.717) is 10.6 Å². The highest BCUT2D eigenvalue weighted by atomic mass is 31.2. The predicted molar refractivity (Wildman–Crippen MR) is 110 cm³/mol. The second-order valence-electron chi connectivity index (χ2n) is 7.59. The van der Waals surface area contributed by atoms with Crippen molar-refractivity contribution in [2.24, 2.45) is 11.8 Å². The summed E-state index contributed by atoms with van der Waals surface area (Å²) >= 11 is 0. The van der Waals surface area contributed by atoms with Crippen LogP contribution in [0.1, 0.15) is 13.8 Å². The number of aliphatic hydroxyl groups is 1. The molecule has 1 fully saturated rings. The van der Waals surface area contributed by atoms with Crippen LogP contribution in [0.4, 0.5) is 0 Å². The molecule has 2 aliphatic heterocycles. The van der Waals surface area contributed by atoms with Gasteiger partial charge in [0.15, 0.2) is 5.70 Å². The fourth-order valence-electron chi connectivity index (χ4n) is 4.28. The number of benzene rings is 2. The summed E-state index contributed by atoms with van der Waals surface area (Å²) in [5, 5.41) is 20.7. The average molecular weight is 427 g/mol. The predicted octanol–water partition coefficient (Wildman–Crippen LogP) is 2.09. The number of β-lactam (4-membered cyclic amide) rings is 1. The van der Waals surface area contributed by atoms with Gasteiger partial charge in [-0.15, -0.1) is 0 Å². The van der Waals surface area contributed by atoms with Crippen LogP contribution < -0.4 is 10.6 Å². The van der Waals surface area contributed by atoms with Crippen molar-refractivity contribution in [1.29, 1.82) is 0 Å². The Labute approximate surface area is 174 Å². The fourth-order valence-corrected chi connectivity index (χ4v) is 6.45. The number of nitrogens with zero attached hydrogens (tertiary/aromatic N) is 1. The second kappa shape index (κ2) is 7.42. The zero-order valence-corrected chi connectivity index (χ0v) is 17.4. The summed E-state index contributed by atoms with van der Waals surface area (Å²) in [5.74, 6) is -3.05. The van der Waals surface area contributed by atoms with Crippen molar-refractivity contribution < 1.29 is 28.9 Å². The van der Waals surface area contributed by atoms with Crippen LogP contribution in [0.3, 0.4) is 0 Å². The van der Waals surface area contributed by atoms with E-state index in [0.717, 1.165) is 4.90 Å². The van der Waals surface area contributed by atoms with Gasteiger partial charge in [0.05, 0.1) is 28.7 Å². The molecule has 1 saturated heterocycles. The first kappa shape index (κ1) is 20.4. The number of carboxylic acids is 1. The summed E-state index contributed by atoms with van der Waals surface area (Å²) in [5.41, 5.74) is -0.304. The van der Waals surface area contributed by atoms with Gasteiger partial charge < -0.3 is 14.7 Å². The Kier molecular flexibility index (Phi) is 5.04. The Morgan fingerprint density at radius 2 is 1.57 bits per heavy atom. The molecule has 0 bridgehead atoms. The molecule has 1 amide bonds. The number of aliphatic carboxylic acids is 1. The zero-order valence-electron chi connectivity index (χ0n) is 16.5. The quantitative estimate of drug-likeness (QED) is 0.541. The third-order valence-corrected chi connectivity index (χ3v) is 8.14. The molecular formula is C22H22NO6P. The summed E-state index contributed by atoms with van der Waals surface area (Å²) in [6.07, 6.45) is -0.925. The Balaban J connectivity index is 1.83. The second-order valence-corrected chi connectivity index (χ2v) is 9.90. The van der Waals surface area contributed by atoms with Crippen molar-refractivity contribution in [2.45, 2.75) is 26.0 Å². The molecule has 8 heteroatoms. The number of carbonyl (C=O) groups excluding carboxylic acids is 1. The van der Waals surface area contributed by atoms with Crippen LogP contribution in [0.15, 0.2) is 72.1 Å². The van der Waals surface area contributed by atoms with Crippen LogP contribution >= 0.6 is 7.37 Å². The minimum absolute atomic E-state index is 0.0000365. The Morgan fingerprint density at radius 3 is 2.00 bits per heavy atom. The maximum absolute atomic E-state index is 14.2. The molecule has 156 valence electrons. The van der Waals surface area contributed by atoms with Gasteiger partial charge in [0.1, 0.15) is 5.76 Å². The minimum Gasteiger partial charge on any atom is -0.476 e. The largest absolute Gasteiger partial charge is 0.476 e. The molecule has 0 aromatic heterocycles. The Bertz CT molecular complexity index is 1020. The molecule has 0 spiro atoms. The monoisotopic (exact) mass is 427 g/mol. The highest BCUT2D eigenvalue weighted by molar-refractivity contribution is 7.74. The molecule has 0 radical (unpaired) electrons. The minimum atomic E-state index is -3.70. The molecule has 0 saturated carbocycles. The first-order valence-corrected chi connectivity index (χ1v) is 11.3. The molecular weight excluding hydrogens is 405 g/mol. The highest BCUT2D eigenvalue weighted by Crippen LogP contribution is 2.54. The van der Waals surface area contributed by atoms with E-state index in [4.69, 9.17) is 4.52 Å². The molecule has 2 heterocycles. The van der Waals surface area contributed by atoms with Gasteiger partial charge in [-0.1, -0.05) is 43.3 Å². The first-order valence-electron chi connectivity index (χ1n) is 9.67. The number of amides is 1. The number of carbonyl (C=O) groups is 2. The first-order chi connectivity index (χ1) is 14.3. The van der Waals surface area contributed by atoms with Crippen molar-refractivity contribution >= 4 is 29.9 Å². The van der Waals surface area contributed by atoms with Crippen molar-refractivity contribution in [3.8, 4) is 0 Å². The van der Waals surface area contributed by atoms with Crippen LogP contribution in [0, 0.1) is 11.8 Å². The average Bonchev–Trinajstić information content (AvgIpc) is 2.97. The van der Waals surface area contributed by atoms with Crippen molar-refractivity contribution in [3.63, 3.8) is 0 Å². The van der Waals surface area contributed by atoms with Crippen molar-refractivity contribution in [2.75, 3.05) is 0 Å². The van der Waals surface area contributed by atoms with Crippen LogP contribution in [0.2, 0.25) is 0 Å². The number of aliphatic hydroxyl groups excluding tert-OH is 1. The van der Waals surface area contributed by atoms with E-state index in [-0.39, 0.29) is 11.5 Å².